The lowest BCUT2D eigenvalue weighted by atomic mass is 10.2. The minimum Gasteiger partial charge on any atom is -0.490 e. The number of halogens is 1. The summed E-state index contributed by atoms with van der Waals surface area (Å²) in [5.41, 5.74) is 0.812. The van der Waals surface area contributed by atoms with Gasteiger partial charge in [0.05, 0.1) is 13.2 Å². The predicted octanol–water partition coefficient (Wildman–Crippen LogP) is 3.02. The van der Waals surface area contributed by atoms with Gasteiger partial charge >= 0.3 is 0 Å². The molecular weight excluding hydrogens is 499 g/mol. The van der Waals surface area contributed by atoms with Crippen LogP contribution in [0.2, 0.25) is 0 Å². The van der Waals surface area contributed by atoms with Crippen molar-refractivity contribution in [2.24, 2.45) is 10.9 Å². The first-order chi connectivity index (χ1) is 14.1. The van der Waals surface area contributed by atoms with E-state index in [-0.39, 0.29) is 36.4 Å². The van der Waals surface area contributed by atoms with Crippen LogP contribution in [0.15, 0.2) is 23.2 Å². The number of carbonyl (C=O) groups excluding carboxylic acids is 1. The van der Waals surface area contributed by atoms with Crippen LogP contribution in [0.4, 0.5) is 5.69 Å². The highest BCUT2D eigenvalue weighted by Crippen LogP contribution is 2.32. The Bertz CT molecular complexity index is 670. The molecule has 0 bridgehead atoms. The van der Waals surface area contributed by atoms with Crippen molar-refractivity contribution >= 4 is 41.5 Å². The number of nitrogens with one attached hydrogen (secondary N) is 3. The number of hydrogen-bond donors (Lipinski definition) is 3. The summed E-state index contributed by atoms with van der Waals surface area (Å²) in [5, 5.41) is 9.24. The van der Waals surface area contributed by atoms with E-state index in [4.69, 9.17) is 14.2 Å². The molecule has 0 saturated heterocycles. The molecule has 9 heteroatoms. The molecule has 1 heterocycles. The second-order valence-electron chi connectivity index (χ2n) is 7.20. The molecule has 3 N–H and O–H groups in total. The summed E-state index contributed by atoms with van der Waals surface area (Å²) in [6.45, 7) is 10.2. The Morgan fingerprint density at radius 2 is 1.97 bits per heavy atom. The van der Waals surface area contributed by atoms with Crippen molar-refractivity contribution in [2.75, 3.05) is 51.4 Å². The number of rotatable bonds is 10. The Labute approximate surface area is 196 Å². The third kappa shape index (κ3) is 10.3. The predicted molar refractivity (Wildman–Crippen MR) is 130 cm³/mol. The maximum Gasteiger partial charge on any atom is 0.241 e. The molecule has 0 unspecified atom stereocenters. The van der Waals surface area contributed by atoms with E-state index in [0.29, 0.717) is 50.5 Å². The number of hydrogen-bond acceptors (Lipinski definition) is 5. The topological polar surface area (TPSA) is 93.2 Å². The van der Waals surface area contributed by atoms with Crippen molar-refractivity contribution in [2.45, 2.75) is 33.6 Å². The van der Waals surface area contributed by atoms with E-state index in [1.807, 2.05) is 25.1 Å². The zero-order chi connectivity index (χ0) is 20.9. The quantitative estimate of drug-likeness (QED) is 0.185. The monoisotopic (exact) mass is 534 g/mol. The molecule has 170 valence electrons. The van der Waals surface area contributed by atoms with E-state index in [0.717, 1.165) is 30.9 Å². The van der Waals surface area contributed by atoms with Crippen LogP contribution in [0, 0.1) is 5.92 Å². The summed E-state index contributed by atoms with van der Waals surface area (Å²) in [5.74, 6) is 2.39. The van der Waals surface area contributed by atoms with Gasteiger partial charge in [0.2, 0.25) is 5.91 Å². The number of likely N-dealkylation sites (N-methyl/N-ethyl adjacent to an activating group) is 1. The Kier molecular flexibility index (Phi) is 13.2. The fourth-order valence-electron chi connectivity index (χ4n) is 2.62. The van der Waals surface area contributed by atoms with Crippen LogP contribution < -0.4 is 25.4 Å². The molecule has 0 atom stereocenters. The summed E-state index contributed by atoms with van der Waals surface area (Å²) in [4.78, 5) is 16.2. The van der Waals surface area contributed by atoms with E-state index in [1.165, 1.54) is 0 Å². The molecule has 8 nitrogen and oxygen atoms in total. The van der Waals surface area contributed by atoms with E-state index in [9.17, 15) is 4.79 Å². The maximum absolute atomic E-state index is 11.8. The van der Waals surface area contributed by atoms with Crippen molar-refractivity contribution in [3.63, 3.8) is 0 Å². The highest BCUT2D eigenvalue weighted by molar-refractivity contribution is 14.0. The van der Waals surface area contributed by atoms with E-state index >= 15 is 0 Å². The van der Waals surface area contributed by atoms with Gasteiger partial charge in [-0.2, -0.15) is 0 Å². The van der Waals surface area contributed by atoms with Gasteiger partial charge in [0.1, 0.15) is 6.54 Å². The van der Waals surface area contributed by atoms with Crippen molar-refractivity contribution in [1.29, 1.82) is 0 Å². The number of guanidine groups is 1. The number of anilines is 1. The standard InChI is InChI=1S/C21H34N4O4.HI/c1-4-22-20(26)14-24-21(23-9-5-10-27-15-16(2)3)25-17-7-8-18-19(13-17)29-12-6-11-28-18;/h7-8,13,16H,4-6,9-12,14-15H2,1-3H3,(H,22,26)(H2,23,24,25);1H. The van der Waals surface area contributed by atoms with Gasteiger partial charge in [-0.15, -0.1) is 24.0 Å². The minimum atomic E-state index is -0.118. The first kappa shape index (κ1) is 26.3. The van der Waals surface area contributed by atoms with Gasteiger partial charge in [0, 0.05) is 44.5 Å². The van der Waals surface area contributed by atoms with Gasteiger partial charge in [-0.3, -0.25) is 4.79 Å². The number of carbonyl (C=O) groups is 1. The molecule has 30 heavy (non-hydrogen) atoms. The average molecular weight is 534 g/mol. The third-order valence-corrected chi connectivity index (χ3v) is 3.97. The van der Waals surface area contributed by atoms with Crippen molar-refractivity contribution < 1.29 is 19.0 Å². The fraction of sp³-hybridized carbons (Fsp3) is 0.619. The number of nitrogens with zero attached hydrogens (tertiary/aromatic N) is 1. The number of aliphatic imine (C=N–C) groups is 1. The molecule has 0 radical (unpaired) electrons. The molecule has 1 amide bonds. The molecule has 1 aromatic rings. The molecular formula is C21H35IN4O4. The highest BCUT2D eigenvalue weighted by Gasteiger charge is 2.11. The Morgan fingerprint density at radius 1 is 1.20 bits per heavy atom. The lowest BCUT2D eigenvalue weighted by molar-refractivity contribution is -0.119. The smallest absolute Gasteiger partial charge is 0.241 e. The molecule has 0 saturated carbocycles. The van der Waals surface area contributed by atoms with E-state index < -0.39 is 0 Å². The molecule has 0 fully saturated rings. The second kappa shape index (κ2) is 15.1. The summed E-state index contributed by atoms with van der Waals surface area (Å²) in [6.07, 6.45) is 1.70. The molecule has 1 aliphatic heterocycles. The van der Waals surface area contributed by atoms with E-state index in [1.54, 1.807) is 0 Å². The summed E-state index contributed by atoms with van der Waals surface area (Å²) >= 11 is 0. The first-order valence-corrected chi connectivity index (χ1v) is 10.4. The normalized spacial score (nSPS) is 13.3. The fourth-order valence-corrected chi connectivity index (χ4v) is 2.62. The molecule has 1 aromatic carbocycles. The van der Waals surface area contributed by atoms with Crippen molar-refractivity contribution in [3.05, 3.63) is 18.2 Å². The zero-order valence-electron chi connectivity index (χ0n) is 18.2. The average Bonchev–Trinajstić information content (AvgIpc) is 2.93. The molecule has 0 spiro atoms. The van der Waals surface area contributed by atoms with Gasteiger partial charge in [-0.25, -0.2) is 4.99 Å². The largest absolute Gasteiger partial charge is 0.490 e. The number of benzene rings is 1. The summed E-state index contributed by atoms with van der Waals surface area (Å²) in [7, 11) is 0. The molecule has 1 aliphatic rings. The highest BCUT2D eigenvalue weighted by atomic mass is 127. The van der Waals surface area contributed by atoms with Crippen molar-refractivity contribution in [3.8, 4) is 11.5 Å². The Balaban J connectivity index is 0.00000450. The van der Waals surface area contributed by atoms with Crippen LogP contribution in [0.5, 0.6) is 11.5 Å². The van der Waals surface area contributed by atoms with Gasteiger partial charge in [-0.1, -0.05) is 13.8 Å². The van der Waals surface area contributed by atoms with Gasteiger partial charge in [0.15, 0.2) is 17.5 Å². The van der Waals surface area contributed by atoms with Crippen LogP contribution in [-0.4, -0.2) is 57.9 Å². The second-order valence-corrected chi connectivity index (χ2v) is 7.20. The van der Waals surface area contributed by atoms with Crippen LogP contribution in [0.3, 0.4) is 0 Å². The van der Waals surface area contributed by atoms with Crippen molar-refractivity contribution in [1.82, 2.24) is 10.6 Å². The first-order valence-electron chi connectivity index (χ1n) is 10.4. The number of amides is 1. The van der Waals surface area contributed by atoms with Crippen LogP contribution in [-0.2, 0) is 9.53 Å². The van der Waals surface area contributed by atoms with Gasteiger partial charge < -0.3 is 30.2 Å². The lowest BCUT2D eigenvalue weighted by Gasteiger charge is -2.15. The summed E-state index contributed by atoms with van der Waals surface area (Å²) in [6, 6.07) is 5.67. The Morgan fingerprint density at radius 3 is 2.70 bits per heavy atom. The number of fused-ring (bicyclic) bond motifs is 1. The molecule has 2 rings (SSSR count). The Hall–Kier alpha value is -1.75. The minimum absolute atomic E-state index is 0. The SMILES string of the molecule is CCNC(=O)CN=C(NCCCOCC(C)C)Nc1ccc2c(c1)OCCCO2.I. The number of ether oxygens (including phenoxy) is 3. The molecule has 0 aliphatic carbocycles. The van der Waals surface area contributed by atoms with E-state index in [2.05, 4.69) is 34.8 Å². The summed E-state index contributed by atoms with van der Waals surface area (Å²) < 4.78 is 17.0. The molecule has 0 aromatic heterocycles. The van der Waals surface area contributed by atoms with Crippen LogP contribution >= 0.6 is 24.0 Å². The maximum atomic E-state index is 11.8. The lowest BCUT2D eigenvalue weighted by Crippen LogP contribution is -2.34. The van der Waals surface area contributed by atoms with Gasteiger partial charge in [-0.05, 0) is 31.4 Å². The van der Waals surface area contributed by atoms with Gasteiger partial charge in [0.25, 0.3) is 0 Å². The van der Waals surface area contributed by atoms with Crippen LogP contribution in [0.25, 0.3) is 0 Å². The zero-order valence-corrected chi connectivity index (χ0v) is 20.5. The van der Waals surface area contributed by atoms with Crippen LogP contribution in [0.1, 0.15) is 33.6 Å². The third-order valence-electron chi connectivity index (χ3n) is 3.97.